The van der Waals surface area contributed by atoms with Gasteiger partial charge in [0.15, 0.2) is 0 Å². The van der Waals surface area contributed by atoms with Crippen molar-refractivity contribution in [1.82, 2.24) is 5.32 Å². The maximum Gasteiger partial charge on any atom is 0.296 e. The van der Waals surface area contributed by atoms with Crippen molar-refractivity contribution in [3.63, 3.8) is 0 Å². The molecule has 0 aromatic heterocycles. The number of rotatable bonds is 4. The van der Waals surface area contributed by atoms with E-state index in [4.69, 9.17) is 11.2 Å². The fourth-order valence-corrected chi connectivity index (χ4v) is 1.17. The molecule has 0 heterocycles. The average Bonchev–Trinajstić information content (AvgIpc) is 2.35. The van der Waals surface area contributed by atoms with E-state index in [0.717, 1.165) is 5.56 Å². The molecule has 0 aliphatic carbocycles. The Labute approximate surface area is 101 Å². The normalized spacial score (nSPS) is 8.47. The van der Waals surface area contributed by atoms with E-state index >= 15 is 0 Å². The highest BCUT2D eigenvalue weighted by molar-refractivity contribution is 5.93. The third-order valence-corrected chi connectivity index (χ3v) is 1.94. The first kappa shape index (κ1) is 12.7. The van der Waals surface area contributed by atoms with E-state index in [9.17, 15) is 4.79 Å². The van der Waals surface area contributed by atoms with Gasteiger partial charge in [0.2, 0.25) is 0 Å². The molecular weight excluding hydrogens is 214 g/mol. The lowest BCUT2D eigenvalue weighted by Gasteiger charge is -2.04. The van der Waals surface area contributed by atoms with Gasteiger partial charge in [-0.15, -0.1) is 6.42 Å². The van der Waals surface area contributed by atoms with Crippen LogP contribution in [0.4, 0.5) is 0 Å². The highest BCUT2D eigenvalue weighted by Gasteiger charge is 1.97. The van der Waals surface area contributed by atoms with Gasteiger partial charge in [0.25, 0.3) is 5.91 Å². The number of nitrogens with one attached hydrogen (secondary N) is 1. The lowest BCUT2D eigenvalue weighted by atomic mass is 10.2. The molecule has 0 aliphatic heterocycles. The standard InChI is InChI=1S/C14H13NO2/c1-3-5-14(16)15-11-12-6-8-13(9-7-12)17-10-4-2/h2,6-9H,10-11H2,1H3,(H,15,16). The van der Waals surface area contributed by atoms with Crippen LogP contribution in [0.3, 0.4) is 0 Å². The van der Waals surface area contributed by atoms with Gasteiger partial charge < -0.3 is 10.1 Å². The van der Waals surface area contributed by atoms with Crippen LogP contribution in [0.15, 0.2) is 24.3 Å². The fraction of sp³-hybridized carbons (Fsp3) is 0.214. The molecule has 0 saturated heterocycles. The number of ether oxygens (including phenoxy) is 1. The van der Waals surface area contributed by atoms with Gasteiger partial charge in [-0.1, -0.05) is 24.0 Å². The zero-order valence-corrected chi connectivity index (χ0v) is 9.62. The Balaban J connectivity index is 2.47. The molecule has 0 spiro atoms. The van der Waals surface area contributed by atoms with Crippen molar-refractivity contribution in [3.8, 4) is 29.9 Å². The minimum absolute atomic E-state index is 0.252. The van der Waals surface area contributed by atoms with Gasteiger partial charge in [-0.05, 0) is 30.5 Å². The third kappa shape index (κ3) is 4.77. The van der Waals surface area contributed by atoms with Crippen LogP contribution in [0.5, 0.6) is 5.75 Å². The predicted octanol–water partition coefficient (Wildman–Crippen LogP) is 1.34. The Morgan fingerprint density at radius 1 is 1.41 bits per heavy atom. The molecule has 17 heavy (non-hydrogen) atoms. The topological polar surface area (TPSA) is 38.3 Å². The molecule has 0 bridgehead atoms. The van der Waals surface area contributed by atoms with Gasteiger partial charge in [-0.3, -0.25) is 4.79 Å². The van der Waals surface area contributed by atoms with E-state index in [1.54, 1.807) is 6.92 Å². The first-order valence-electron chi connectivity index (χ1n) is 5.12. The SMILES string of the molecule is C#CCOc1ccc(CNC(=O)C#CC)cc1. The molecular formula is C14H13NO2. The quantitative estimate of drug-likeness (QED) is 0.788. The van der Waals surface area contributed by atoms with Crippen LogP contribution in [0.25, 0.3) is 0 Å². The van der Waals surface area contributed by atoms with Crippen LogP contribution >= 0.6 is 0 Å². The Kier molecular flexibility index (Phi) is 5.20. The van der Waals surface area contributed by atoms with Gasteiger partial charge in [-0.25, -0.2) is 0 Å². The summed E-state index contributed by atoms with van der Waals surface area (Å²) in [5.74, 6) is 7.77. The third-order valence-electron chi connectivity index (χ3n) is 1.94. The first-order valence-corrected chi connectivity index (χ1v) is 5.12. The van der Waals surface area contributed by atoms with Crippen molar-refractivity contribution < 1.29 is 9.53 Å². The van der Waals surface area contributed by atoms with Crippen LogP contribution in [0.2, 0.25) is 0 Å². The molecule has 1 rings (SSSR count). The molecule has 3 nitrogen and oxygen atoms in total. The summed E-state index contributed by atoms with van der Waals surface area (Å²) in [5.41, 5.74) is 0.976. The predicted molar refractivity (Wildman–Crippen MR) is 66.1 cm³/mol. The summed E-state index contributed by atoms with van der Waals surface area (Å²) in [7, 11) is 0. The summed E-state index contributed by atoms with van der Waals surface area (Å²) in [5, 5.41) is 2.68. The van der Waals surface area contributed by atoms with Crippen LogP contribution in [-0.4, -0.2) is 12.5 Å². The molecule has 0 radical (unpaired) electrons. The molecule has 1 N–H and O–H groups in total. The van der Waals surface area contributed by atoms with Gasteiger partial charge in [0.05, 0.1) is 0 Å². The lowest BCUT2D eigenvalue weighted by molar-refractivity contribution is -0.115. The highest BCUT2D eigenvalue weighted by Crippen LogP contribution is 2.11. The van der Waals surface area contributed by atoms with E-state index in [-0.39, 0.29) is 12.5 Å². The molecule has 1 aromatic carbocycles. The Morgan fingerprint density at radius 3 is 2.71 bits per heavy atom. The Hall–Kier alpha value is -2.39. The zero-order valence-electron chi connectivity index (χ0n) is 9.62. The molecule has 3 heteroatoms. The van der Waals surface area contributed by atoms with Gasteiger partial charge >= 0.3 is 0 Å². The second-order valence-electron chi connectivity index (χ2n) is 3.19. The summed E-state index contributed by atoms with van der Waals surface area (Å²) in [4.78, 5) is 11.1. The maximum absolute atomic E-state index is 11.1. The van der Waals surface area contributed by atoms with Crippen molar-refractivity contribution in [2.45, 2.75) is 13.5 Å². The van der Waals surface area contributed by atoms with Crippen LogP contribution in [-0.2, 0) is 11.3 Å². The van der Waals surface area contributed by atoms with Crippen molar-refractivity contribution in [1.29, 1.82) is 0 Å². The highest BCUT2D eigenvalue weighted by atomic mass is 16.5. The number of hydrogen-bond donors (Lipinski definition) is 1. The van der Waals surface area contributed by atoms with Crippen molar-refractivity contribution in [2.75, 3.05) is 6.61 Å². The molecule has 0 fully saturated rings. The van der Waals surface area contributed by atoms with Crippen LogP contribution in [0, 0.1) is 24.2 Å². The molecule has 0 saturated carbocycles. The summed E-state index contributed by atoms with van der Waals surface area (Å²) in [6.45, 7) is 2.32. The number of terminal acetylenes is 1. The molecule has 1 amide bonds. The first-order chi connectivity index (χ1) is 8.26. The van der Waals surface area contributed by atoms with Crippen LogP contribution in [0.1, 0.15) is 12.5 Å². The van der Waals surface area contributed by atoms with E-state index in [2.05, 4.69) is 23.1 Å². The number of carbonyl (C=O) groups is 1. The molecule has 1 aromatic rings. The smallest absolute Gasteiger partial charge is 0.296 e. The number of carbonyl (C=O) groups excluding carboxylic acids is 1. The molecule has 86 valence electrons. The second-order valence-corrected chi connectivity index (χ2v) is 3.19. The Bertz CT molecular complexity index is 472. The van der Waals surface area contributed by atoms with Crippen molar-refractivity contribution in [3.05, 3.63) is 29.8 Å². The van der Waals surface area contributed by atoms with Gasteiger partial charge in [0, 0.05) is 6.54 Å². The Morgan fingerprint density at radius 2 is 2.12 bits per heavy atom. The van der Waals surface area contributed by atoms with Crippen molar-refractivity contribution >= 4 is 5.91 Å². The van der Waals surface area contributed by atoms with Gasteiger partial charge in [-0.2, -0.15) is 0 Å². The van der Waals surface area contributed by atoms with Crippen LogP contribution < -0.4 is 10.1 Å². The summed E-state index contributed by atoms with van der Waals surface area (Å²) in [6.07, 6.45) is 5.08. The van der Waals surface area contributed by atoms with E-state index in [0.29, 0.717) is 12.3 Å². The zero-order chi connectivity index (χ0) is 12.5. The minimum Gasteiger partial charge on any atom is -0.481 e. The summed E-state index contributed by atoms with van der Waals surface area (Å²) in [6, 6.07) is 7.35. The van der Waals surface area contributed by atoms with E-state index in [1.807, 2.05) is 24.3 Å². The number of hydrogen-bond acceptors (Lipinski definition) is 2. The number of benzene rings is 1. The summed E-state index contributed by atoms with van der Waals surface area (Å²) >= 11 is 0. The molecule has 0 atom stereocenters. The average molecular weight is 227 g/mol. The fourth-order valence-electron chi connectivity index (χ4n) is 1.17. The second kappa shape index (κ2) is 6.98. The molecule has 0 unspecified atom stereocenters. The van der Waals surface area contributed by atoms with Gasteiger partial charge in [0.1, 0.15) is 12.4 Å². The molecule has 0 aliphatic rings. The van der Waals surface area contributed by atoms with E-state index < -0.39 is 0 Å². The summed E-state index contributed by atoms with van der Waals surface area (Å²) < 4.78 is 5.23. The largest absolute Gasteiger partial charge is 0.481 e. The number of amides is 1. The minimum atomic E-state index is -0.278. The van der Waals surface area contributed by atoms with Crippen molar-refractivity contribution in [2.24, 2.45) is 0 Å². The lowest BCUT2D eigenvalue weighted by Crippen LogP contribution is -2.20. The monoisotopic (exact) mass is 227 g/mol. The maximum atomic E-state index is 11.1. The van der Waals surface area contributed by atoms with E-state index in [1.165, 1.54) is 0 Å².